The van der Waals surface area contributed by atoms with Gasteiger partial charge in [-0.05, 0) is 76.8 Å². The normalized spacial score (nSPS) is 15.0. The third kappa shape index (κ3) is 2.72. The molecule has 0 heterocycles. The molecule has 9 rings (SSSR count). The second-order valence-electron chi connectivity index (χ2n) is 11.1. The maximum atomic E-state index is 15.9. The molecule has 8 aromatic carbocycles. The molecule has 1 fully saturated rings. The second-order valence-corrected chi connectivity index (χ2v) is 14.2. The van der Waals surface area contributed by atoms with Crippen LogP contribution in [-0.4, -0.2) is 11.4 Å². The van der Waals surface area contributed by atoms with Crippen LogP contribution in [0, 0.1) is 0 Å². The molecule has 184 valence electrons. The van der Waals surface area contributed by atoms with Crippen molar-refractivity contribution in [1.82, 2.24) is 0 Å². The van der Waals surface area contributed by atoms with Gasteiger partial charge in [0, 0.05) is 29.1 Å². The first-order chi connectivity index (χ1) is 19.1. The first-order valence-corrected chi connectivity index (χ1v) is 15.3. The fourth-order valence-electron chi connectivity index (χ4n) is 7.27. The van der Waals surface area contributed by atoms with Crippen molar-refractivity contribution in [2.24, 2.45) is 0 Å². The summed E-state index contributed by atoms with van der Waals surface area (Å²) in [6, 6.07) is 38.6. The monoisotopic (exact) mass is 518 g/mol. The Morgan fingerprint density at radius 2 is 0.821 bits per heavy atom. The highest BCUT2D eigenvalue weighted by Crippen LogP contribution is 2.58. The van der Waals surface area contributed by atoms with Crippen molar-refractivity contribution in [3.63, 3.8) is 0 Å². The molecule has 0 saturated heterocycles. The summed E-state index contributed by atoms with van der Waals surface area (Å²) in [4.78, 5) is 12.4. The molecule has 0 unspecified atom stereocenters. The molecule has 0 aliphatic heterocycles. The van der Waals surface area contributed by atoms with Crippen LogP contribution in [0.2, 0.25) is 0 Å². The van der Waals surface area contributed by atoms with Crippen molar-refractivity contribution in [2.45, 2.75) is 18.5 Å². The van der Waals surface area contributed by atoms with E-state index in [0.717, 1.165) is 32.2 Å². The Kier molecular flexibility index (Phi) is 4.13. The molecule has 1 aliphatic carbocycles. The van der Waals surface area contributed by atoms with Gasteiger partial charge in [0.15, 0.2) is 0 Å². The average molecular weight is 519 g/mol. The lowest BCUT2D eigenvalue weighted by molar-refractivity contribution is -0.123. The van der Waals surface area contributed by atoms with Gasteiger partial charge in [0.2, 0.25) is 0 Å². The van der Waals surface area contributed by atoms with Crippen LogP contribution in [0.5, 0.6) is 0 Å². The molecule has 8 aromatic rings. The lowest BCUT2D eigenvalue weighted by atomic mass is 9.94. The van der Waals surface area contributed by atoms with Crippen LogP contribution in [0.15, 0.2) is 109 Å². The second kappa shape index (κ2) is 7.44. The molecule has 3 heteroatoms. The van der Waals surface area contributed by atoms with E-state index >= 15 is 4.57 Å². The molecule has 1 saturated carbocycles. The van der Waals surface area contributed by atoms with Crippen LogP contribution in [0.25, 0.3) is 64.6 Å². The summed E-state index contributed by atoms with van der Waals surface area (Å²) in [7, 11) is -3.20. The Morgan fingerprint density at radius 1 is 0.462 bits per heavy atom. The highest BCUT2D eigenvalue weighted by Gasteiger charge is 2.46. The van der Waals surface area contributed by atoms with Gasteiger partial charge in [-0.3, -0.25) is 4.79 Å². The molecule has 0 radical (unpaired) electrons. The number of rotatable bonds is 3. The maximum Gasteiger partial charge on any atom is 0.148 e. The quantitative estimate of drug-likeness (QED) is 0.174. The van der Waals surface area contributed by atoms with Gasteiger partial charge in [-0.15, -0.1) is 0 Å². The number of hydrogen-bond donors (Lipinski definition) is 0. The third-order valence-corrected chi connectivity index (χ3v) is 12.8. The predicted octanol–water partition coefficient (Wildman–Crippen LogP) is 8.53. The molecule has 0 aromatic heterocycles. The van der Waals surface area contributed by atoms with E-state index in [4.69, 9.17) is 0 Å². The number of Topliss-reactive ketones (excluding diaryl/α,β-unsaturated/α-hetero) is 1. The van der Waals surface area contributed by atoms with E-state index in [0.29, 0.717) is 12.8 Å². The number of benzene rings is 8. The zero-order valence-electron chi connectivity index (χ0n) is 21.1. The standard InChI is InChI=1S/C36H23O2P/c37-27-19-28(20-27)39(38,31-17-13-25-9-7-21-3-1-5-23-11-15-29(31)35(25)33(21)23)32-18-14-26-10-8-22-4-2-6-24-12-16-30(32)36(26)34(22)24/h1-18,28H,19-20H2. The van der Waals surface area contributed by atoms with Crippen molar-refractivity contribution < 1.29 is 9.36 Å². The fraction of sp³-hybridized carbons (Fsp3) is 0.0833. The molecule has 0 spiro atoms. The van der Waals surface area contributed by atoms with Crippen LogP contribution in [0.4, 0.5) is 0 Å². The van der Waals surface area contributed by atoms with Crippen molar-refractivity contribution in [2.75, 3.05) is 0 Å². The smallest absolute Gasteiger partial charge is 0.148 e. The topological polar surface area (TPSA) is 34.1 Å². The Labute approximate surface area is 224 Å². The van der Waals surface area contributed by atoms with Gasteiger partial charge in [0.05, 0.1) is 0 Å². The Balaban J connectivity index is 1.43. The van der Waals surface area contributed by atoms with E-state index in [2.05, 4.69) is 109 Å². The van der Waals surface area contributed by atoms with Gasteiger partial charge in [-0.25, -0.2) is 0 Å². The van der Waals surface area contributed by atoms with Crippen LogP contribution in [0.1, 0.15) is 12.8 Å². The molecular weight excluding hydrogens is 495 g/mol. The van der Waals surface area contributed by atoms with Gasteiger partial charge in [0.25, 0.3) is 0 Å². The first-order valence-electron chi connectivity index (χ1n) is 13.6. The summed E-state index contributed by atoms with van der Waals surface area (Å²) in [5, 5.41) is 15.8. The SMILES string of the molecule is O=C1CC(P(=O)(c2ccc3ccc4cccc5ccc2c3c45)c2ccc3ccc4cccc5ccc2c3c45)C1. The summed E-state index contributed by atoms with van der Waals surface area (Å²) < 4.78 is 15.9. The van der Waals surface area contributed by atoms with Crippen LogP contribution in [0.3, 0.4) is 0 Å². The zero-order valence-corrected chi connectivity index (χ0v) is 22.0. The minimum atomic E-state index is -3.20. The Hall–Kier alpha value is -4.26. The van der Waals surface area contributed by atoms with Gasteiger partial charge in [-0.2, -0.15) is 0 Å². The molecular formula is C36H23O2P. The summed E-state index contributed by atoms with van der Waals surface area (Å²) in [5.41, 5.74) is -0.179. The Morgan fingerprint density at radius 3 is 1.23 bits per heavy atom. The molecule has 0 atom stereocenters. The molecule has 0 bridgehead atoms. The van der Waals surface area contributed by atoms with E-state index in [1.165, 1.54) is 43.1 Å². The lowest BCUT2D eigenvalue weighted by Gasteiger charge is -2.35. The first kappa shape index (κ1) is 21.6. The highest BCUT2D eigenvalue weighted by molar-refractivity contribution is 7.80. The van der Waals surface area contributed by atoms with E-state index in [1.807, 2.05) is 0 Å². The molecule has 2 nitrogen and oxygen atoms in total. The summed E-state index contributed by atoms with van der Waals surface area (Å²) in [6.07, 6.45) is 0.752. The maximum absolute atomic E-state index is 15.9. The van der Waals surface area contributed by atoms with Crippen LogP contribution in [-0.2, 0) is 9.36 Å². The summed E-state index contributed by atoms with van der Waals surface area (Å²) in [5.74, 6) is 0.204. The molecule has 0 amide bonds. The number of carbonyl (C=O) groups is 1. The van der Waals surface area contributed by atoms with E-state index < -0.39 is 7.14 Å². The lowest BCUT2D eigenvalue weighted by Crippen LogP contribution is -2.36. The predicted molar refractivity (Wildman–Crippen MR) is 165 cm³/mol. The van der Waals surface area contributed by atoms with Crippen molar-refractivity contribution in [1.29, 1.82) is 0 Å². The minimum absolute atomic E-state index is 0.179. The van der Waals surface area contributed by atoms with Gasteiger partial charge < -0.3 is 4.57 Å². The molecule has 39 heavy (non-hydrogen) atoms. The van der Waals surface area contributed by atoms with E-state index in [9.17, 15) is 4.79 Å². The van der Waals surface area contributed by atoms with Gasteiger partial charge in [0.1, 0.15) is 12.9 Å². The van der Waals surface area contributed by atoms with Crippen LogP contribution < -0.4 is 10.6 Å². The Bertz CT molecular complexity index is 2160. The molecule has 1 aliphatic rings. The van der Waals surface area contributed by atoms with Crippen molar-refractivity contribution in [3.8, 4) is 0 Å². The largest absolute Gasteiger partial charge is 0.313 e. The number of carbonyl (C=O) groups excluding carboxylic acids is 1. The van der Waals surface area contributed by atoms with E-state index in [1.54, 1.807) is 0 Å². The third-order valence-electron chi connectivity index (χ3n) is 9.17. The van der Waals surface area contributed by atoms with Crippen molar-refractivity contribution in [3.05, 3.63) is 109 Å². The van der Waals surface area contributed by atoms with Gasteiger partial charge >= 0.3 is 0 Å². The van der Waals surface area contributed by atoms with E-state index in [-0.39, 0.29) is 11.4 Å². The summed E-state index contributed by atoms with van der Waals surface area (Å²) >= 11 is 0. The van der Waals surface area contributed by atoms with Gasteiger partial charge in [-0.1, -0.05) is 97.1 Å². The average Bonchev–Trinajstić information content (AvgIpc) is 2.96. The number of hydrogen-bond acceptors (Lipinski definition) is 2. The summed E-state index contributed by atoms with van der Waals surface area (Å²) in [6.45, 7) is 0. The highest BCUT2D eigenvalue weighted by atomic mass is 31.2. The molecule has 0 N–H and O–H groups in total. The van der Waals surface area contributed by atoms with Crippen molar-refractivity contribution >= 4 is 88.2 Å². The zero-order chi connectivity index (χ0) is 25.9. The van der Waals surface area contributed by atoms with Crippen LogP contribution >= 0.6 is 7.14 Å². The number of ketones is 1. The minimum Gasteiger partial charge on any atom is -0.313 e. The fourth-order valence-corrected chi connectivity index (χ4v) is 10.9.